The van der Waals surface area contributed by atoms with Crippen molar-refractivity contribution >= 4 is 75.4 Å². The van der Waals surface area contributed by atoms with Crippen molar-refractivity contribution in [1.82, 2.24) is 0 Å². The maximum Gasteiger partial charge on any atom is 0.335 e. The van der Waals surface area contributed by atoms with Crippen molar-refractivity contribution in [2.45, 2.75) is 52.5 Å². The monoisotopic (exact) mass is 608 g/mol. The van der Waals surface area contributed by atoms with Gasteiger partial charge in [0.25, 0.3) is 0 Å². The van der Waals surface area contributed by atoms with E-state index in [2.05, 4.69) is 131 Å². The maximum atomic E-state index is 6.54. The van der Waals surface area contributed by atoms with E-state index in [1.807, 2.05) is 48.7 Å². The van der Waals surface area contributed by atoms with Gasteiger partial charge in [0, 0.05) is 51.3 Å². The molecule has 218 valence electrons. The highest BCUT2D eigenvalue weighted by Crippen LogP contribution is 2.53. The summed E-state index contributed by atoms with van der Waals surface area (Å²) in [4.78, 5) is 0. The predicted molar refractivity (Wildman–Crippen MR) is 198 cm³/mol. The first-order valence-corrected chi connectivity index (χ1v) is 17.1. The first kappa shape index (κ1) is 29.0. The first-order valence-electron chi connectivity index (χ1n) is 15.4. The molecule has 2 aromatic heterocycles. The van der Waals surface area contributed by atoms with Crippen LogP contribution in [0.2, 0.25) is 5.31 Å². The van der Waals surface area contributed by atoms with Gasteiger partial charge in [0.2, 0.25) is 0 Å². The van der Waals surface area contributed by atoms with Crippen LogP contribution in [0.1, 0.15) is 41.5 Å². The van der Waals surface area contributed by atoms with Gasteiger partial charge in [-0.25, -0.2) is 0 Å². The highest BCUT2D eigenvalue weighted by atomic mass is 32.1. The molecule has 0 saturated carbocycles. The Morgan fingerprint density at radius 1 is 0.523 bits per heavy atom. The third-order valence-electron chi connectivity index (χ3n) is 9.63. The van der Waals surface area contributed by atoms with Crippen LogP contribution >= 0.6 is 22.7 Å². The number of thiophene rings is 2. The molecule has 7 aromatic rings. The van der Waals surface area contributed by atoms with Crippen molar-refractivity contribution < 1.29 is 4.65 Å². The van der Waals surface area contributed by atoms with Gasteiger partial charge in [0.15, 0.2) is 0 Å². The van der Waals surface area contributed by atoms with E-state index < -0.39 is 0 Å². The van der Waals surface area contributed by atoms with Crippen molar-refractivity contribution in [2.24, 2.45) is 0 Å². The van der Waals surface area contributed by atoms with Crippen LogP contribution in [0, 0.1) is 0 Å². The number of hydrogen-bond acceptors (Lipinski definition) is 3. The van der Waals surface area contributed by atoms with Crippen LogP contribution in [-0.4, -0.2) is 12.5 Å². The molecule has 3 heterocycles. The van der Waals surface area contributed by atoms with Crippen LogP contribution in [0.3, 0.4) is 0 Å². The molecule has 1 aliphatic rings. The molecule has 0 spiro atoms. The summed E-state index contributed by atoms with van der Waals surface area (Å²) in [5.74, 6) is 0. The van der Waals surface area contributed by atoms with Gasteiger partial charge in [0.1, 0.15) is 0 Å². The molecule has 0 unspecified atom stereocenters. The Morgan fingerprint density at radius 2 is 0.977 bits per heavy atom. The molecule has 0 amide bonds. The van der Waals surface area contributed by atoms with Crippen molar-refractivity contribution in [3.8, 4) is 22.3 Å². The lowest BCUT2D eigenvalue weighted by molar-refractivity contribution is -0.00939. The van der Waals surface area contributed by atoms with Crippen LogP contribution in [0.15, 0.2) is 115 Å². The summed E-state index contributed by atoms with van der Waals surface area (Å²) >= 11 is 3.74. The molecule has 5 aromatic carbocycles. The lowest BCUT2D eigenvalue weighted by Crippen LogP contribution is -2.66. The molecule has 1 nitrogen and oxygen atoms in total. The van der Waals surface area contributed by atoms with E-state index in [-0.39, 0.29) is 17.8 Å². The van der Waals surface area contributed by atoms with Crippen LogP contribution in [0.4, 0.5) is 0 Å². The molecule has 1 fully saturated rings. The van der Waals surface area contributed by atoms with Gasteiger partial charge in [-0.15, -0.1) is 22.7 Å². The Hall–Kier alpha value is -3.70. The van der Waals surface area contributed by atoms with Gasteiger partial charge in [0.05, 0.1) is 0 Å². The second kappa shape index (κ2) is 11.0. The van der Waals surface area contributed by atoms with E-state index in [4.69, 9.17) is 4.65 Å². The van der Waals surface area contributed by atoms with E-state index in [9.17, 15) is 0 Å². The van der Waals surface area contributed by atoms with Crippen molar-refractivity contribution in [2.75, 3.05) is 0 Å². The highest BCUT2D eigenvalue weighted by Gasteiger charge is 2.59. The zero-order chi connectivity index (χ0) is 30.6. The minimum atomic E-state index is -0.156. The Labute approximate surface area is 268 Å². The zero-order valence-electron chi connectivity index (χ0n) is 26.3. The summed E-state index contributed by atoms with van der Waals surface area (Å²) in [6, 6.07) is 38.5. The minimum absolute atomic E-state index is 0.0317. The molecule has 1 aliphatic heterocycles. The van der Waals surface area contributed by atoms with Gasteiger partial charge in [-0.3, -0.25) is 0 Å². The summed E-state index contributed by atoms with van der Waals surface area (Å²) in [6.45, 7) is 13.1. The second-order valence-corrected chi connectivity index (χ2v) is 15.0. The summed E-state index contributed by atoms with van der Waals surface area (Å²) < 4.78 is 11.9. The molecule has 0 N–H and O–H groups in total. The standard InChI is InChI=1S/C36H29BOS2.C4H8/c1-35(2)36(3,4)38-37(35)26-18-24(22-13-15-33-29(20-22)27-9-5-7-11-31(27)39-33)17-25(19-26)23-14-16-34-30(21-23)28-10-6-8-12-32(28)40-34;1-3-4-2/h5-21H,1-4H3;3-4H,1-2H3/b;4-3-. The molecule has 0 bridgehead atoms. The molecule has 0 radical (unpaired) electrons. The largest absolute Gasteiger partial charge is 0.425 e. The third-order valence-corrected chi connectivity index (χ3v) is 11.9. The molecule has 0 atom stereocenters. The van der Waals surface area contributed by atoms with Crippen molar-refractivity contribution in [3.05, 3.63) is 115 Å². The molecule has 44 heavy (non-hydrogen) atoms. The number of benzene rings is 5. The zero-order valence-corrected chi connectivity index (χ0v) is 27.9. The van der Waals surface area contributed by atoms with E-state index in [0.29, 0.717) is 0 Å². The SMILES string of the molecule is C/C=C\C.CC1(C)OB(c2cc(-c3ccc4sc5ccccc5c4c3)cc(-c3ccc4sc5ccccc5c4c3)c2)C1(C)C. The average molecular weight is 609 g/mol. The second-order valence-electron chi connectivity index (χ2n) is 12.9. The number of allylic oxidation sites excluding steroid dienone is 2. The van der Waals surface area contributed by atoms with Gasteiger partial charge in [-0.1, -0.05) is 86.7 Å². The fourth-order valence-corrected chi connectivity index (χ4v) is 8.46. The first-order chi connectivity index (χ1) is 21.2. The van der Waals surface area contributed by atoms with Gasteiger partial charge < -0.3 is 4.65 Å². The Morgan fingerprint density at radius 3 is 1.41 bits per heavy atom. The summed E-state index contributed by atoms with van der Waals surface area (Å²) in [5.41, 5.74) is 6.07. The van der Waals surface area contributed by atoms with E-state index in [0.717, 1.165) is 0 Å². The van der Waals surface area contributed by atoms with Crippen molar-refractivity contribution in [1.29, 1.82) is 0 Å². The van der Waals surface area contributed by atoms with Crippen LogP contribution in [0.25, 0.3) is 62.6 Å². The van der Waals surface area contributed by atoms with Gasteiger partial charge >= 0.3 is 6.92 Å². The van der Waals surface area contributed by atoms with Crippen LogP contribution in [-0.2, 0) is 4.65 Å². The molecule has 0 aliphatic carbocycles. The Kier molecular flexibility index (Phi) is 7.28. The summed E-state index contributed by atoms with van der Waals surface area (Å²) in [5, 5.41) is 5.36. The van der Waals surface area contributed by atoms with Crippen LogP contribution < -0.4 is 5.46 Å². The van der Waals surface area contributed by atoms with E-state index in [1.54, 1.807) is 0 Å². The average Bonchev–Trinajstić information content (AvgIpc) is 3.61. The minimum Gasteiger partial charge on any atom is -0.425 e. The lowest BCUT2D eigenvalue weighted by Gasteiger charge is -2.57. The van der Waals surface area contributed by atoms with E-state index in [1.165, 1.54) is 68.1 Å². The lowest BCUT2D eigenvalue weighted by atomic mass is 9.33. The molecular weight excluding hydrogens is 571 g/mol. The highest BCUT2D eigenvalue weighted by molar-refractivity contribution is 7.26. The molecule has 1 saturated heterocycles. The maximum absolute atomic E-state index is 6.54. The Balaban J connectivity index is 0.000000739. The topological polar surface area (TPSA) is 9.23 Å². The normalized spacial score (nSPS) is 15.6. The number of fused-ring (bicyclic) bond motifs is 6. The van der Waals surface area contributed by atoms with E-state index >= 15 is 0 Å². The molecule has 8 rings (SSSR count). The quantitative estimate of drug-likeness (QED) is 0.143. The predicted octanol–water partition coefficient (Wildman–Crippen LogP) is 12.1. The van der Waals surface area contributed by atoms with Gasteiger partial charge in [-0.05, 0) is 97.9 Å². The fourth-order valence-electron chi connectivity index (χ4n) is 6.28. The van der Waals surface area contributed by atoms with Gasteiger partial charge in [-0.2, -0.15) is 0 Å². The van der Waals surface area contributed by atoms with Crippen molar-refractivity contribution in [3.63, 3.8) is 0 Å². The van der Waals surface area contributed by atoms with Crippen LogP contribution in [0.5, 0.6) is 0 Å². The Bertz CT molecular complexity index is 2060. The fraction of sp³-hybridized carbons (Fsp3) is 0.200. The number of rotatable bonds is 3. The summed E-state index contributed by atoms with van der Waals surface area (Å²) in [7, 11) is 0. The third kappa shape index (κ3) is 4.81. The smallest absolute Gasteiger partial charge is 0.335 e. The molecular formula is C40H37BOS2. The summed E-state index contributed by atoms with van der Waals surface area (Å²) in [6.07, 6.45) is 4.00. The number of hydrogen-bond donors (Lipinski definition) is 0. The molecule has 4 heteroatoms.